The maximum atomic E-state index is 11.3. The standard InChI is InChI=1S/C13H18O3/c1-3-15-10-12(14)7-8-16-13-6-4-5-11(2)9-13/h4-6,9H,3,7-8,10H2,1-2H3. The highest BCUT2D eigenvalue weighted by Gasteiger charge is 2.02. The number of Topliss-reactive ketones (excluding diaryl/α,β-unsaturated/α-hetero) is 1. The summed E-state index contributed by atoms with van der Waals surface area (Å²) in [6.45, 7) is 5.05. The molecule has 0 saturated carbocycles. The highest BCUT2D eigenvalue weighted by Crippen LogP contribution is 2.12. The average Bonchev–Trinajstić information content (AvgIpc) is 2.26. The second kappa shape index (κ2) is 7.01. The van der Waals surface area contributed by atoms with Crippen molar-refractivity contribution in [2.75, 3.05) is 19.8 Å². The van der Waals surface area contributed by atoms with E-state index < -0.39 is 0 Å². The van der Waals surface area contributed by atoms with Gasteiger partial charge in [0, 0.05) is 13.0 Å². The van der Waals surface area contributed by atoms with E-state index in [4.69, 9.17) is 9.47 Å². The molecule has 1 aromatic carbocycles. The van der Waals surface area contributed by atoms with Gasteiger partial charge in [0.2, 0.25) is 0 Å². The van der Waals surface area contributed by atoms with Crippen LogP contribution in [0.25, 0.3) is 0 Å². The summed E-state index contributed by atoms with van der Waals surface area (Å²) in [5.74, 6) is 0.888. The predicted octanol–water partition coefficient (Wildman–Crippen LogP) is 2.37. The smallest absolute Gasteiger partial charge is 0.161 e. The zero-order valence-electron chi connectivity index (χ0n) is 9.86. The number of rotatable bonds is 7. The van der Waals surface area contributed by atoms with Crippen molar-refractivity contribution in [1.29, 1.82) is 0 Å². The summed E-state index contributed by atoms with van der Waals surface area (Å²) < 4.78 is 10.5. The van der Waals surface area contributed by atoms with Crippen molar-refractivity contribution in [2.24, 2.45) is 0 Å². The molecule has 0 unspecified atom stereocenters. The summed E-state index contributed by atoms with van der Waals surface area (Å²) in [6, 6.07) is 7.78. The second-order valence-corrected chi connectivity index (χ2v) is 3.59. The molecule has 0 heterocycles. The number of benzene rings is 1. The van der Waals surface area contributed by atoms with Crippen LogP contribution in [0.1, 0.15) is 18.9 Å². The summed E-state index contributed by atoms with van der Waals surface area (Å²) in [5.41, 5.74) is 1.15. The van der Waals surface area contributed by atoms with E-state index >= 15 is 0 Å². The van der Waals surface area contributed by atoms with Crippen molar-refractivity contribution in [2.45, 2.75) is 20.3 Å². The molecule has 3 nitrogen and oxygen atoms in total. The molecule has 0 aliphatic heterocycles. The fraction of sp³-hybridized carbons (Fsp3) is 0.462. The lowest BCUT2D eigenvalue weighted by atomic mass is 10.2. The monoisotopic (exact) mass is 222 g/mol. The molecule has 1 aromatic rings. The Hall–Kier alpha value is -1.35. The van der Waals surface area contributed by atoms with E-state index in [9.17, 15) is 4.79 Å². The van der Waals surface area contributed by atoms with Crippen molar-refractivity contribution in [3.8, 4) is 5.75 Å². The lowest BCUT2D eigenvalue weighted by Crippen LogP contribution is -2.12. The first-order valence-electron chi connectivity index (χ1n) is 5.51. The molecule has 1 rings (SSSR count). The molecule has 0 radical (unpaired) electrons. The van der Waals surface area contributed by atoms with Crippen LogP contribution in [0.5, 0.6) is 5.75 Å². The highest BCUT2D eigenvalue weighted by atomic mass is 16.5. The quantitative estimate of drug-likeness (QED) is 0.710. The Morgan fingerprint density at radius 1 is 1.38 bits per heavy atom. The van der Waals surface area contributed by atoms with Crippen LogP contribution < -0.4 is 4.74 Å². The second-order valence-electron chi connectivity index (χ2n) is 3.59. The third kappa shape index (κ3) is 4.94. The molecule has 16 heavy (non-hydrogen) atoms. The molecule has 3 heteroatoms. The van der Waals surface area contributed by atoms with Gasteiger partial charge in [-0.1, -0.05) is 12.1 Å². The van der Waals surface area contributed by atoms with Crippen LogP contribution in [0.15, 0.2) is 24.3 Å². The molecule has 88 valence electrons. The van der Waals surface area contributed by atoms with E-state index in [1.165, 1.54) is 0 Å². The van der Waals surface area contributed by atoms with Crippen LogP contribution in [0.4, 0.5) is 0 Å². The number of hydrogen-bond donors (Lipinski definition) is 0. The minimum atomic E-state index is 0.0782. The molecule has 0 atom stereocenters. The lowest BCUT2D eigenvalue weighted by molar-refractivity contribution is -0.123. The normalized spacial score (nSPS) is 10.1. The first-order valence-corrected chi connectivity index (χ1v) is 5.51. The molecular weight excluding hydrogens is 204 g/mol. The number of ketones is 1. The number of hydrogen-bond acceptors (Lipinski definition) is 3. The first kappa shape index (κ1) is 12.7. The SMILES string of the molecule is CCOCC(=O)CCOc1cccc(C)c1. The molecule has 0 aliphatic carbocycles. The van der Waals surface area contributed by atoms with Crippen LogP contribution in [-0.2, 0) is 9.53 Å². The average molecular weight is 222 g/mol. The number of carbonyl (C=O) groups is 1. The predicted molar refractivity (Wildman–Crippen MR) is 62.8 cm³/mol. The van der Waals surface area contributed by atoms with Crippen molar-refractivity contribution in [1.82, 2.24) is 0 Å². The van der Waals surface area contributed by atoms with Gasteiger partial charge in [0.15, 0.2) is 5.78 Å². The van der Waals surface area contributed by atoms with E-state index in [1.54, 1.807) is 0 Å². The Bertz CT molecular complexity index is 334. The number of carbonyl (C=O) groups excluding carboxylic acids is 1. The molecular formula is C13H18O3. The van der Waals surface area contributed by atoms with E-state index in [2.05, 4.69) is 0 Å². The Balaban J connectivity index is 2.22. The third-order valence-corrected chi connectivity index (χ3v) is 2.11. The molecule has 0 N–H and O–H groups in total. The maximum absolute atomic E-state index is 11.3. The van der Waals surface area contributed by atoms with E-state index in [1.807, 2.05) is 38.1 Å². The summed E-state index contributed by atoms with van der Waals surface area (Å²) in [4.78, 5) is 11.3. The Kier molecular flexibility index (Phi) is 5.57. The van der Waals surface area contributed by atoms with Crippen LogP contribution in [-0.4, -0.2) is 25.6 Å². The fourth-order valence-electron chi connectivity index (χ4n) is 1.28. The van der Waals surface area contributed by atoms with Crippen LogP contribution in [0.2, 0.25) is 0 Å². The molecule has 0 bridgehead atoms. The van der Waals surface area contributed by atoms with Gasteiger partial charge in [0.25, 0.3) is 0 Å². The van der Waals surface area contributed by atoms with Gasteiger partial charge in [-0.05, 0) is 31.5 Å². The summed E-state index contributed by atoms with van der Waals surface area (Å²) >= 11 is 0. The minimum Gasteiger partial charge on any atom is -0.493 e. The molecule has 0 spiro atoms. The van der Waals surface area contributed by atoms with Gasteiger partial charge in [0.05, 0.1) is 6.61 Å². The Morgan fingerprint density at radius 3 is 2.88 bits per heavy atom. The van der Waals surface area contributed by atoms with Gasteiger partial charge in [-0.2, -0.15) is 0 Å². The molecule has 0 amide bonds. The highest BCUT2D eigenvalue weighted by molar-refractivity contribution is 5.79. The number of aryl methyl sites for hydroxylation is 1. The largest absolute Gasteiger partial charge is 0.493 e. The maximum Gasteiger partial charge on any atom is 0.161 e. The zero-order chi connectivity index (χ0) is 11.8. The summed E-state index contributed by atoms with van der Waals surface area (Å²) in [5, 5.41) is 0. The molecule has 0 fully saturated rings. The van der Waals surface area contributed by atoms with Crippen molar-refractivity contribution in [3.05, 3.63) is 29.8 Å². The van der Waals surface area contributed by atoms with Gasteiger partial charge in [-0.15, -0.1) is 0 Å². The van der Waals surface area contributed by atoms with E-state index in [-0.39, 0.29) is 12.4 Å². The van der Waals surface area contributed by atoms with Gasteiger partial charge >= 0.3 is 0 Å². The van der Waals surface area contributed by atoms with Crippen LogP contribution in [0.3, 0.4) is 0 Å². The van der Waals surface area contributed by atoms with E-state index in [0.717, 1.165) is 11.3 Å². The van der Waals surface area contributed by atoms with Gasteiger partial charge in [-0.25, -0.2) is 0 Å². The fourth-order valence-corrected chi connectivity index (χ4v) is 1.28. The van der Waals surface area contributed by atoms with Crippen molar-refractivity contribution in [3.63, 3.8) is 0 Å². The topological polar surface area (TPSA) is 35.5 Å². The minimum absolute atomic E-state index is 0.0782. The summed E-state index contributed by atoms with van der Waals surface area (Å²) in [6.07, 6.45) is 0.397. The van der Waals surface area contributed by atoms with Crippen LogP contribution in [0, 0.1) is 6.92 Å². The Morgan fingerprint density at radius 2 is 2.19 bits per heavy atom. The first-order chi connectivity index (χ1) is 7.72. The zero-order valence-corrected chi connectivity index (χ0v) is 9.86. The lowest BCUT2D eigenvalue weighted by Gasteiger charge is -2.06. The van der Waals surface area contributed by atoms with Crippen molar-refractivity contribution >= 4 is 5.78 Å². The Labute approximate surface area is 96.4 Å². The number of ether oxygens (including phenoxy) is 2. The van der Waals surface area contributed by atoms with Gasteiger partial charge < -0.3 is 9.47 Å². The molecule has 0 aliphatic rings. The van der Waals surface area contributed by atoms with Crippen LogP contribution >= 0.6 is 0 Å². The van der Waals surface area contributed by atoms with Gasteiger partial charge in [-0.3, -0.25) is 4.79 Å². The summed E-state index contributed by atoms with van der Waals surface area (Å²) in [7, 11) is 0. The van der Waals surface area contributed by atoms with Crippen molar-refractivity contribution < 1.29 is 14.3 Å². The van der Waals surface area contributed by atoms with E-state index in [0.29, 0.717) is 19.6 Å². The molecule has 0 saturated heterocycles. The third-order valence-electron chi connectivity index (χ3n) is 2.11. The molecule has 0 aromatic heterocycles. The van der Waals surface area contributed by atoms with Gasteiger partial charge in [0.1, 0.15) is 12.4 Å².